The van der Waals surface area contributed by atoms with E-state index in [1.165, 1.54) is 0 Å². The average molecular weight is 276 g/mol. The van der Waals surface area contributed by atoms with E-state index in [1.807, 2.05) is 31.3 Å². The van der Waals surface area contributed by atoms with E-state index in [2.05, 4.69) is 10.3 Å². The molecule has 108 valence electrons. The van der Waals surface area contributed by atoms with Crippen molar-refractivity contribution in [2.45, 2.75) is 19.4 Å². The lowest BCUT2D eigenvalue weighted by Crippen LogP contribution is -2.07. The minimum atomic E-state index is 0.419. The highest BCUT2D eigenvalue weighted by Gasteiger charge is 2.08. The van der Waals surface area contributed by atoms with E-state index in [0.29, 0.717) is 13.2 Å². The Morgan fingerprint density at radius 3 is 2.55 bits per heavy atom. The number of nitrogens with zero attached hydrogens (tertiary/aromatic N) is 3. The van der Waals surface area contributed by atoms with Crippen molar-refractivity contribution < 1.29 is 9.47 Å². The van der Waals surface area contributed by atoms with Crippen molar-refractivity contribution in [1.82, 2.24) is 15.0 Å². The molecule has 1 aromatic carbocycles. The van der Waals surface area contributed by atoms with Gasteiger partial charge in [-0.2, -0.15) is 0 Å². The van der Waals surface area contributed by atoms with Crippen molar-refractivity contribution in [2.24, 2.45) is 12.8 Å². The Hall–Kier alpha value is -2.08. The van der Waals surface area contributed by atoms with E-state index in [4.69, 9.17) is 15.2 Å². The number of benzene rings is 1. The van der Waals surface area contributed by atoms with Gasteiger partial charge in [-0.3, -0.25) is 4.68 Å². The summed E-state index contributed by atoms with van der Waals surface area (Å²) in [5.41, 5.74) is 7.56. The first kappa shape index (κ1) is 14.3. The van der Waals surface area contributed by atoms with Crippen LogP contribution >= 0.6 is 0 Å². The standard InChI is InChI=1S/C14H20N4O2/c1-18-14(13(10-15)16-17-18)4-3-9-20-12-7-5-11(19-2)6-8-12/h5-8H,3-4,9-10,15H2,1-2H3. The third-order valence-corrected chi connectivity index (χ3v) is 3.10. The van der Waals surface area contributed by atoms with Gasteiger partial charge in [-0.1, -0.05) is 5.21 Å². The molecule has 0 unspecified atom stereocenters. The number of rotatable bonds is 7. The van der Waals surface area contributed by atoms with E-state index >= 15 is 0 Å². The normalized spacial score (nSPS) is 10.6. The summed E-state index contributed by atoms with van der Waals surface area (Å²) in [5.74, 6) is 1.67. The van der Waals surface area contributed by atoms with E-state index in [-0.39, 0.29) is 0 Å². The second kappa shape index (κ2) is 6.91. The van der Waals surface area contributed by atoms with Gasteiger partial charge in [0.2, 0.25) is 0 Å². The van der Waals surface area contributed by atoms with Crippen LogP contribution in [0, 0.1) is 0 Å². The van der Waals surface area contributed by atoms with Crippen LogP contribution in [-0.4, -0.2) is 28.7 Å². The van der Waals surface area contributed by atoms with Crippen LogP contribution in [0.1, 0.15) is 17.8 Å². The molecule has 0 aliphatic heterocycles. The first-order valence-electron chi connectivity index (χ1n) is 6.59. The summed E-state index contributed by atoms with van der Waals surface area (Å²) in [5, 5.41) is 8.00. The molecular weight excluding hydrogens is 256 g/mol. The first-order valence-corrected chi connectivity index (χ1v) is 6.59. The molecule has 0 spiro atoms. The smallest absolute Gasteiger partial charge is 0.119 e. The summed E-state index contributed by atoms with van der Waals surface area (Å²) in [6.45, 7) is 1.06. The van der Waals surface area contributed by atoms with E-state index in [9.17, 15) is 0 Å². The van der Waals surface area contributed by atoms with Crippen LogP contribution in [0.3, 0.4) is 0 Å². The molecule has 1 heterocycles. The van der Waals surface area contributed by atoms with Gasteiger partial charge in [0.25, 0.3) is 0 Å². The second-order valence-corrected chi connectivity index (χ2v) is 4.44. The number of methoxy groups -OCH3 is 1. The summed E-state index contributed by atoms with van der Waals surface area (Å²) in [4.78, 5) is 0. The summed E-state index contributed by atoms with van der Waals surface area (Å²) >= 11 is 0. The van der Waals surface area contributed by atoms with Crippen LogP contribution in [0.4, 0.5) is 0 Å². The maximum Gasteiger partial charge on any atom is 0.119 e. The highest BCUT2D eigenvalue weighted by molar-refractivity contribution is 5.31. The Balaban J connectivity index is 1.79. The Labute approximate surface area is 118 Å². The predicted octanol–water partition coefficient (Wildman–Crippen LogP) is 1.29. The number of ether oxygens (including phenoxy) is 2. The Morgan fingerprint density at radius 1 is 1.20 bits per heavy atom. The molecule has 0 amide bonds. The molecule has 0 radical (unpaired) electrons. The number of nitrogens with two attached hydrogens (primary N) is 1. The number of aryl methyl sites for hydroxylation is 1. The van der Waals surface area contributed by atoms with Gasteiger partial charge >= 0.3 is 0 Å². The zero-order valence-electron chi connectivity index (χ0n) is 11.9. The fraction of sp³-hybridized carbons (Fsp3) is 0.429. The topological polar surface area (TPSA) is 75.2 Å². The molecule has 6 nitrogen and oxygen atoms in total. The molecule has 0 atom stereocenters. The predicted molar refractivity (Wildman–Crippen MR) is 75.7 cm³/mol. The largest absolute Gasteiger partial charge is 0.497 e. The molecule has 20 heavy (non-hydrogen) atoms. The molecule has 0 aliphatic rings. The highest BCUT2D eigenvalue weighted by atomic mass is 16.5. The minimum Gasteiger partial charge on any atom is -0.497 e. The maximum atomic E-state index is 5.68. The van der Waals surface area contributed by atoms with Crippen LogP contribution < -0.4 is 15.2 Å². The lowest BCUT2D eigenvalue weighted by atomic mass is 10.2. The van der Waals surface area contributed by atoms with Gasteiger partial charge in [-0.05, 0) is 37.1 Å². The lowest BCUT2D eigenvalue weighted by molar-refractivity contribution is 0.309. The fourth-order valence-corrected chi connectivity index (χ4v) is 1.99. The zero-order chi connectivity index (χ0) is 14.4. The molecular formula is C14H20N4O2. The first-order chi connectivity index (χ1) is 9.74. The molecule has 0 bridgehead atoms. The van der Waals surface area contributed by atoms with Gasteiger partial charge in [-0.15, -0.1) is 5.10 Å². The van der Waals surface area contributed by atoms with Gasteiger partial charge in [0, 0.05) is 13.6 Å². The van der Waals surface area contributed by atoms with E-state index in [0.717, 1.165) is 35.7 Å². The molecule has 2 aromatic rings. The molecule has 2 N–H and O–H groups in total. The Morgan fingerprint density at radius 2 is 1.90 bits per heavy atom. The van der Waals surface area contributed by atoms with Crippen LogP contribution in [0.5, 0.6) is 11.5 Å². The van der Waals surface area contributed by atoms with Crippen molar-refractivity contribution in [3.63, 3.8) is 0 Å². The number of aromatic nitrogens is 3. The molecule has 0 fully saturated rings. The Kier molecular flexibility index (Phi) is 4.95. The fourth-order valence-electron chi connectivity index (χ4n) is 1.99. The van der Waals surface area contributed by atoms with Crippen molar-refractivity contribution in [3.8, 4) is 11.5 Å². The van der Waals surface area contributed by atoms with Gasteiger partial charge in [0.15, 0.2) is 0 Å². The maximum absolute atomic E-state index is 5.68. The highest BCUT2D eigenvalue weighted by Crippen LogP contribution is 2.17. The summed E-state index contributed by atoms with van der Waals surface area (Å²) in [6, 6.07) is 7.56. The summed E-state index contributed by atoms with van der Waals surface area (Å²) in [7, 11) is 3.53. The molecule has 0 saturated carbocycles. The van der Waals surface area contributed by atoms with Crippen molar-refractivity contribution in [3.05, 3.63) is 35.7 Å². The molecule has 2 rings (SSSR count). The average Bonchev–Trinajstić information content (AvgIpc) is 2.84. The SMILES string of the molecule is COc1ccc(OCCCc2c(CN)nnn2C)cc1. The summed E-state index contributed by atoms with van der Waals surface area (Å²) in [6.07, 6.45) is 1.74. The van der Waals surface area contributed by atoms with Crippen LogP contribution in [-0.2, 0) is 20.0 Å². The van der Waals surface area contributed by atoms with Crippen molar-refractivity contribution in [2.75, 3.05) is 13.7 Å². The molecule has 6 heteroatoms. The van der Waals surface area contributed by atoms with Gasteiger partial charge < -0.3 is 15.2 Å². The van der Waals surface area contributed by atoms with E-state index < -0.39 is 0 Å². The van der Waals surface area contributed by atoms with E-state index in [1.54, 1.807) is 11.8 Å². The molecule has 1 aromatic heterocycles. The summed E-state index contributed by atoms with van der Waals surface area (Å²) < 4.78 is 12.6. The van der Waals surface area contributed by atoms with Gasteiger partial charge in [-0.25, -0.2) is 0 Å². The number of hydrogen-bond donors (Lipinski definition) is 1. The van der Waals surface area contributed by atoms with Crippen LogP contribution in [0.15, 0.2) is 24.3 Å². The molecule has 0 saturated heterocycles. The van der Waals surface area contributed by atoms with Crippen LogP contribution in [0.25, 0.3) is 0 Å². The second-order valence-electron chi connectivity index (χ2n) is 4.44. The van der Waals surface area contributed by atoms with Gasteiger partial charge in [0.05, 0.1) is 25.1 Å². The van der Waals surface area contributed by atoms with Gasteiger partial charge in [0.1, 0.15) is 11.5 Å². The Bertz CT molecular complexity index is 537. The lowest BCUT2D eigenvalue weighted by Gasteiger charge is -2.07. The van der Waals surface area contributed by atoms with Crippen LogP contribution in [0.2, 0.25) is 0 Å². The van der Waals surface area contributed by atoms with Crippen molar-refractivity contribution in [1.29, 1.82) is 0 Å². The zero-order valence-corrected chi connectivity index (χ0v) is 11.9. The number of hydrogen-bond acceptors (Lipinski definition) is 5. The monoisotopic (exact) mass is 276 g/mol. The quantitative estimate of drug-likeness (QED) is 0.771. The van der Waals surface area contributed by atoms with Crippen molar-refractivity contribution >= 4 is 0 Å². The third-order valence-electron chi connectivity index (χ3n) is 3.10. The molecule has 0 aliphatic carbocycles. The third kappa shape index (κ3) is 3.48. The minimum absolute atomic E-state index is 0.419.